The molecule has 86 valence electrons. The van der Waals surface area contributed by atoms with Crippen LogP contribution in [0.15, 0.2) is 29.1 Å². The van der Waals surface area contributed by atoms with E-state index in [2.05, 4.69) is 10.2 Å². The highest BCUT2D eigenvalue weighted by molar-refractivity contribution is 5.96. The average molecular weight is 230 g/mol. The summed E-state index contributed by atoms with van der Waals surface area (Å²) < 4.78 is 1.06. The number of fused-ring (bicyclic) bond motifs is 1. The number of H-pyrrole nitrogens is 1. The predicted octanol–water partition coefficient (Wildman–Crippen LogP) is 0.868. The number of amides is 1. The van der Waals surface area contributed by atoms with Crippen LogP contribution >= 0.6 is 0 Å². The molecule has 0 saturated carbocycles. The number of hydrogen-bond donors (Lipinski definition) is 1. The average Bonchev–Trinajstić information content (AvgIpc) is 2.81. The monoisotopic (exact) mass is 230 g/mol. The van der Waals surface area contributed by atoms with Crippen molar-refractivity contribution < 1.29 is 4.79 Å². The van der Waals surface area contributed by atoms with E-state index in [9.17, 15) is 9.59 Å². The normalized spacial score (nSPS) is 14.2. The lowest BCUT2D eigenvalue weighted by Crippen LogP contribution is -2.31. The van der Waals surface area contributed by atoms with Crippen LogP contribution in [0.3, 0.4) is 0 Å². The Bertz CT molecular complexity index is 655. The van der Waals surface area contributed by atoms with Crippen molar-refractivity contribution in [2.24, 2.45) is 0 Å². The van der Waals surface area contributed by atoms with Gasteiger partial charge in [-0.05, 0) is 24.6 Å². The van der Waals surface area contributed by atoms with Gasteiger partial charge in [-0.1, -0.05) is 12.1 Å². The SMILES string of the molecule is Cc1cccc(N2Cc3n[nH]c(=O)n3C2=O)c1. The fourth-order valence-corrected chi connectivity index (χ4v) is 1.96. The molecule has 6 nitrogen and oxygen atoms in total. The lowest BCUT2D eigenvalue weighted by molar-refractivity contribution is 0.250. The van der Waals surface area contributed by atoms with Gasteiger partial charge in [-0.2, -0.15) is 9.67 Å². The van der Waals surface area contributed by atoms with Crippen LogP contribution in [0.1, 0.15) is 11.4 Å². The maximum atomic E-state index is 12.0. The lowest BCUT2D eigenvalue weighted by atomic mass is 10.2. The molecule has 1 aromatic heterocycles. The van der Waals surface area contributed by atoms with Crippen LogP contribution in [0.25, 0.3) is 0 Å². The van der Waals surface area contributed by atoms with Gasteiger partial charge in [-0.3, -0.25) is 4.90 Å². The summed E-state index contributed by atoms with van der Waals surface area (Å²) in [5.74, 6) is 0.446. The van der Waals surface area contributed by atoms with Crippen LogP contribution in [-0.4, -0.2) is 20.8 Å². The van der Waals surface area contributed by atoms with Crippen LogP contribution < -0.4 is 10.6 Å². The third kappa shape index (κ3) is 1.37. The van der Waals surface area contributed by atoms with Gasteiger partial charge in [0.25, 0.3) is 0 Å². The number of nitrogens with zero attached hydrogens (tertiary/aromatic N) is 3. The Morgan fingerprint density at radius 3 is 2.88 bits per heavy atom. The summed E-state index contributed by atoms with van der Waals surface area (Å²) in [6.07, 6.45) is 0. The molecule has 0 fully saturated rings. The molecule has 1 aromatic carbocycles. The van der Waals surface area contributed by atoms with Crippen molar-refractivity contribution >= 4 is 11.7 Å². The molecule has 1 aliphatic rings. The molecule has 2 aromatic rings. The summed E-state index contributed by atoms with van der Waals surface area (Å²) in [5, 5.41) is 6.07. The summed E-state index contributed by atoms with van der Waals surface area (Å²) in [7, 11) is 0. The molecule has 0 unspecified atom stereocenters. The molecule has 3 rings (SSSR count). The molecule has 0 saturated heterocycles. The zero-order valence-corrected chi connectivity index (χ0v) is 9.17. The number of aromatic nitrogens is 3. The van der Waals surface area contributed by atoms with Gasteiger partial charge in [-0.25, -0.2) is 14.7 Å². The predicted molar refractivity (Wildman–Crippen MR) is 61.0 cm³/mol. The molecular formula is C11H10N4O2. The van der Waals surface area contributed by atoms with E-state index in [1.807, 2.05) is 31.2 Å². The standard InChI is InChI=1S/C11H10N4O2/c1-7-3-2-4-8(5-7)14-6-9-12-13-10(16)15(9)11(14)17/h2-5H,6H2,1H3,(H,13,16). The first-order chi connectivity index (χ1) is 8.16. The first kappa shape index (κ1) is 9.83. The minimum Gasteiger partial charge on any atom is -0.286 e. The van der Waals surface area contributed by atoms with Crippen LogP contribution in [0.2, 0.25) is 0 Å². The van der Waals surface area contributed by atoms with Gasteiger partial charge in [0, 0.05) is 5.69 Å². The van der Waals surface area contributed by atoms with Gasteiger partial charge in [0.05, 0.1) is 6.54 Å². The molecule has 0 radical (unpaired) electrons. The van der Waals surface area contributed by atoms with Crippen molar-refractivity contribution in [3.05, 3.63) is 46.1 Å². The van der Waals surface area contributed by atoms with Crippen molar-refractivity contribution in [2.75, 3.05) is 4.90 Å². The van der Waals surface area contributed by atoms with E-state index in [0.717, 1.165) is 15.8 Å². The molecule has 0 spiro atoms. The number of carbonyl (C=O) groups excluding carboxylic acids is 1. The maximum absolute atomic E-state index is 12.0. The highest BCUT2D eigenvalue weighted by Crippen LogP contribution is 2.22. The molecule has 0 atom stereocenters. The number of aromatic amines is 1. The van der Waals surface area contributed by atoms with E-state index in [1.165, 1.54) is 4.90 Å². The zero-order valence-electron chi connectivity index (χ0n) is 9.17. The Kier molecular flexibility index (Phi) is 1.91. The number of benzene rings is 1. The molecule has 2 heterocycles. The van der Waals surface area contributed by atoms with Crippen LogP contribution in [0.4, 0.5) is 10.5 Å². The number of nitrogens with one attached hydrogen (secondary N) is 1. The zero-order chi connectivity index (χ0) is 12.0. The van der Waals surface area contributed by atoms with Crippen LogP contribution in [0.5, 0.6) is 0 Å². The highest BCUT2D eigenvalue weighted by Gasteiger charge is 2.31. The third-order valence-corrected chi connectivity index (χ3v) is 2.78. The Labute approximate surface area is 96.5 Å². The third-order valence-electron chi connectivity index (χ3n) is 2.78. The van der Waals surface area contributed by atoms with Crippen molar-refractivity contribution in [1.82, 2.24) is 14.8 Å². The lowest BCUT2D eigenvalue weighted by Gasteiger charge is -2.14. The first-order valence-electron chi connectivity index (χ1n) is 5.21. The summed E-state index contributed by atoms with van der Waals surface area (Å²) in [4.78, 5) is 24.9. The number of rotatable bonds is 1. The smallest absolute Gasteiger partial charge is 0.286 e. The van der Waals surface area contributed by atoms with Crippen LogP contribution in [-0.2, 0) is 6.54 Å². The second-order valence-corrected chi connectivity index (χ2v) is 3.99. The molecule has 1 amide bonds. The number of carbonyl (C=O) groups is 1. The van der Waals surface area contributed by atoms with Gasteiger partial charge < -0.3 is 0 Å². The van der Waals surface area contributed by atoms with Gasteiger partial charge in [0.1, 0.15) is 0 Å². The topological polar surface area (TPSA) is 71.0 Å². The fraction of sp³-hybridized carbons (Fsp3) is 0.182. The second-order valence-electron chi connectivity index (χ2n) is 3.99. The summed E-state index contributed by atoms with van der Waals surface area (Å²) in [6.45, 7) is 2.27. The van der Waals surface area contributed by atoms with Gasteiger partial charge in [0.2, 0.25) is 0 Å². The minimum absolute atomic E-state index is 0.320. The van der Waals surface area contributed by atoms with E-state index >= 15 is 0 Å². The van der Waals surface area contributed by atoms with E-state index in [-0.39, 0.29) is 6.03 Å². The van der Waals surface area contributed by atoms with Crippen LogP contribution in [0, 0.1) is 6.92 Å². The maximum Gasteiger partial charge on any atom is 0.351 e. The van der Waals surface area contributed by atoms with E-state index in [4.69, 9.17) is 0 Å². The highest BCUT2D eigenvalue weighted by atomic mass is 16.2. The van der Waals surface area contributed by atoms with Crippen molar-refractivity contribution in [2.45, 2.75) is 13.5 Å². The van der Waals surface area contributed by atoms with E-state index in [0.29, 0.717) is 12.4 Å². The van der Waals surface area contributed by atoms with E-state index < -0.39 is 5.69 Å². The van der Waals surface area contributed by atoms with Gasteiger partial charge in [-0.15, -0.1) is 0 Å². The Morgan fingerprint density at radius 2 is 2.18 bits per heavy atom. The Morgan fingerprint density at radius 1 is 1.35 bits per heavy atom. The van der Waals surface area contributed by atoms with Crippen molar-refractivity contribution in [3.63, 3.8) is 0 Å². The van der Waals surface area contributed by atoms with E-state index in [1.54, 1.807) is 0 Å². The van der Waals surface area contributed by atoms with Gasteiger partial charge >= 0.3 is 11.7 Å². The quantitative estimate of drug-likeness (QED) is 0.790. The number of aryl methyl sites for hydroxylation is 1. The molecule has 1 aliphatic heterocycles. The Balaban J connectivity index is 2.05. The largest absolute Gasteiger partial charge is 0.351 e. The molecular weight excluding hydrogens is 220 g/mol. The summed E-state index contributed by atoms with van der Waals surface area (Å²) in [6, 6.07) is 7.22. The number of hydrogen-bond acceptors (Lipinski definition) is 3. The molecule has 0 aliphatic carbocycles. The molecule has 1 N–H and O–H groups in total. The molecule has 17 heavy (non-hydrogen) atoms. The van der Waals surface area contributed by atoms with Gasteiger partial charge in [0.15, 0.2) is 5.82 Å². The minimum atomic E-state index is -0.486. The first-order valence-corrected chi connectivity index (χ1v) is 5.21. The second kappa shape index (κ2) is 3.31. The molecule has 0 bridgehead atoms. The summed E-state index contributed by atoms with van der Waals surface area (Å²) in [5.41, 5.74) is 1.36. The fourth-order valence-electron chi connectivity index (χ4n) is 1.96. The Hall–Kier alpha value is -2.37. The number of anilines is 1. The van der Waals surface area contributed by atoms with Crippen molar-refractivity contribution in [1.29, 1.82) is 0 Å². The summed E-state index contributed by atoms with van der Waals surface area (Å²) >= 11 is 0. The van der Waals surface area contributed by atoms with Crippen molar-refractivity contribution in [3.8, 4) is 0 Å². The molecule has 6 heteroatoms.